The van der Waals surface area contributed by atoms with E-state index in [0.29, 0.717) is 18.2 Å². The molecular weight excluding hydrogens is 343 g/mol. The molecule has 6 heteroatoms. The lowest BCUT2D eigenvalue weighted by Crippen LogP contribution is -2.39. The predicted octanol–water partition coefficient (Wildman–Crippen LogP) is 4.09. The van der Waals surface area contributed by atoms with Crippen molar-refractivity contribution in [2.24, 2.45) is 5.92 Å². The summed E-state index contributed by atoms with van der Waals surface area (Å²) in [4.78, 5) is 14.6. The van der Waals surface area contributed by atoms with Crippen molar-refractivity contribution < 1.29 is 13.9 Å². The van der Waals surface area contributed by atoms with Crippen LogP contribution in [0.4, 0.5) is 10.1 Å². The Bertz CT molecular complexity index is 589. The minimum atomic E-state index is -0.483. The minimum Gasteiger partial charge on any atom is -0.377 e. The number of hydrogen-bond donors (Lipinski definition) is 1. The summed E-state index contributed by atoms with van der Waals surface area (Å²) in [7, 11) is 0. The molecule has 1 aromatic carbocycles. The summed E-state index contributed by atoms with van der Waals surface area (Å²) in [5.74, 6) is 0.205. The number of halogens is 2. The Labute approximate surface area is 153 Å². The van der Waals surface area contributed by atoms with E-state index in [9.17, 15) is 9.18 Å². The van der Waals surface area contributed by atoms with Crippen LogP contribution in [0.5, 0.6) is 0 Å². The van der Waals surface area contributed by atoms with Gasteiger partial charge < -0.3 is 10.1 Å². The van der Waals surface area contributed by atoms with Crippen molar-refractivity contribution in [3.63, 3.8) is 0 Å². The highest BCUT2D eigenvalue weighted by molar-refractivity contribution is 6.31. The molecule has 1 heterocycles. The van der Waals surface area contributed by atoms with Crippen molar-refractivity contribution in [2.75, 3.05) is 31.6 Å². The normalized spacial score (nSPS) is 20.7. The first kappa shape index (κ1) is 18.6. The number of amides is 1. The van der Waals surface area contributed by atoms with Crippen molar-refractivity contribution in [3.8, 4) is 0 Å². The number of nitrogens with one attached hydrogen (secondary N) is 1. The van der Waals surface area contributed by atoms with E-state index < -0.39 is 5.82 Å². The van der Waals surface area contributed by atoms with Gasteiger partial charge in [-0.1, -0.05) is 18.0 Å². The Morgan fingerprint density at radius 1 is 1.28 bits per heavy atom. The lowest BCUT2D eigenvalue weighted by molar-refractivity contribution is -0.116. The average Bonchev–Trinajstić information content (AvgIpc) is 3.05. The maximum Gasteiger partial charge on any atom is 0.225 e. The molecule has 0 bridgehead atoms. The number of hydrogen-bond acceptors (Lipinski definition) is 3. The van der Waals surface area contributed by atoms with E-state index in [1.807, 2.05) is 0 Å². The lowest BCUT2D eigenvalue weighted by atomic mass is 9.85. The van der Waals surface area contributed by atoms with Gasteiger partial charge in [-0.15, -0.1) is 0 Å². The summed E-state index contributed by atoms with van der Waals surface area (Å²) in [6, 6.07) is 4.23. The van der Waals surface area contributed by atoms with E-state index in [-0.39, 0.29) is 10.9 Å². The fraction of sp³-hybridized carbons (Fsp3) is 0.632. The molecule has 0 aromatic heterocycles. The number of nitrogens with zero attached hydrogens (tertiary/aromatic N) is 1. The second kappa shape index (κ2) is 8.97. The molecule has 1 amide bonds. The first-order valence-electron chi connectivity index (χ1n) is 9.19. The SMILES string of the molecule is O=C(CCN(CC1CCC1)C[C@H]1CCCO1)Nc1ccc(F)c(Cl)c1. The van der Waals surface area contributed by atoms with Crippen molar-refractivity contribution in [2.45, 2.75) is 44.6 Å². The number of carbonyl (C=O) groups excluding carboxylic acids is 1. The molecule has 0 spiro atoms. The van der Waals surface area contributed by atoms with Gasteiger partial charge in [-0.25, -0.2) is 4.39 Å². The summed E-state index contributed by atoms with van der Waals surface area (Å²) in [5.41, 5.74) is 0.529. The molecule has 0 unspecified atom stereocenters. The fourth-order valence-electron chi connectivity index (χ4n) is 3.43. The summed E-state index contributed by atoms with van der Waals surface area (Å²) >= 11 is 5.75. The molecular formula is C19H26ClFN2O2. The molecule has 1 aliphatic heterocycles. The molecule has 1 N–H and O–H groups in total. The third-order valence-electron chi connectivity index (χ3n) is 5.09. The van der Waals surface area contributed by atoms with E-state index in [1.54, 1.807) is 0 Å². The largest absolute Gasteiger partial charge is 0.377 e. The fourth-order valence-corrected chi connectivity index (χ4v) is 3.61. The van der Waals surface area contributed by atoms with Crippen molar-refractivity contribution in [3.05, 3.63) is 29.0 Å². The van der Waals surface area contributed by atoms with Gasteiger partial charge in [0.25, 0.3) is 0 Å². The maximum absolute atomic E-state index is 13.2. The molecule has 25 heavy (non-hydrogen) atoms. The number of benzene rings is 1. The first-order chi connectivity index (χ1) is 12.1. The second-order valence-electron chi connectivity index (χ2n) is 7.12. The molecule has 1 saturated carbocycles. The Hall–Kier alpha value is -1.17. The third-order valence-corrected chi connectivity index (χ3v) is 5.38. The van der Waals surface area contributed by atoms with Gasteiger partial charge in [0.1, 0.15) is 5.82 Å². The van der Waals surface area contributed by atoms with Crippen molar-refractivity contribution in [1.82, 2.24) is 4.90 Å². The number of rotatable bonds is 8. The number of carbonyl (C=O) groups is 1. The highest BCUT2D eigenvalue weighted by atomic mass is 35.5. The molecule has 2 aliphatic rings. The zero-order valence-electron chi connectivity index (χ0n) is 14.5. The van der Waals surface area contributed by atoms with E-state index in [4.69, 9.17) is 16.3 Å². The third kappa shape index (κ3) is 5.66. The summed E-state index contributed by atoms with van der Waals surface area (Å²) in [6.45, 7) is 3.53. The number of anilines is 1. The summed E-state index contributed by atoms with van der Waals surface area (Å²) < 4.78 is 18.9. The van der Waals surface area contributed by atoms with Gasteiger partial charge in [-0.3, -0.25) is 9.69 Å². The highest BCUT2D eigenvalue weighted by Gasteiger charge is 2.24. The van der Waals surface area contributed by atoms with Crippen LogP contribution in [0.25, 0.3) is 0 Å². The van der Waals surface area contributed by atoms with Crippen molar-refractivity contribution in [1.29, 1.82) is 0 Å². The molecule has 1 atom stereocenters. The van der Waals surface area contributed by atoms with Crippen LogP contribution >= 0.6 is 11.6 Å². The van der Waals surface area contributed by atoms with Gasteiger partial charge >= 0.3 is 0 Å². The van der Waals surface area contributed by atoms with E-state index in [2.05, 4.69) is 10.2 Å². The van der Waals surface area contributed by atoms with Gasteiger partial charge in [-0.05, 0) is 49.8 Å². The van der Waals surface area contributed by atoms with Crippen LogP contribution in [-0.2, 0) is 9.53 Å². The van der Waals surface area contributed by atoms with Gasteiger partial charge in [0, 0.05) is 38.3 Å². The molecule has 1 aromatic rings. The first-order valence-corrected chi connectivity index (χ1v) is 9.57. The molecule has 1 saturated heterocycles. The van der Waals surface area contributed by atoms with Gasteiger partial charge in [0.05, 0.1) is 11.1 Å². The molecule has 3 rings (SSSR count). The predicted molar refractivity (Wildman–Crippen MR) is 97.4 cm³/mol. The van der Waals surface area contributed by atoms with Crippen LogP contribution in [0.15, 0.2) is 18.2 Å². The van der Waals surface area contributed by atoms with Crippen LogP contribution < -0.4 is 5.32 Å². The Morgan fingerprint density at radius 3 is 2.76 bits per heavy atom. The standard InChI is InChI=1S/C19H26ClFN2O2/c20-17-11-15(6-7-18(17)21)22-19(24)8-9-23(12-14-3-1-4-14)13-16-5-2-10-25-16/h6-7,11,14,16H,1-5,8-10,12-13H2,(H,22,24)/t16-/m1/s1. The average molecular weight is 369 g/mol. The minimum absolute atomic E-state index is 0.0165. The van der Waals surface area contributed by atoms with Gasteiger partial charge in [0.15, 0.2) is 0 Å². The highest BCUT2D eigenvalue weighted by Crippen LogP contribution is 2.28. The Balaban J connectivity index is 1.48. The molecule has 138 valence electrons. The van der Waals surface area contributed by atoms with Gasteiger partial charge in [0.2, 0.25) is 5.91 Å². The Kier molecular flexibility index (Phi) is 6.68. The summed E-state index contributed by atoms with van der Waals surface area (Å²) in [6.07, 6.45) is 6.87. The van der Waals surface area contributed by atoms with Gasteiger partial charge in [-0.2, -0.15) is 0 Å². The molecule has 4 nitrogen and oxygen atoms in total. The van der Waals surface area contributed by atoms with Crippen LogP contribution in [0, 0.1) is 11.7 Å². The smallest absolute Gasteiger partial charge is 0.225 e. The zero-order valence-corrected chi connectivity index (χ0v) is 15.2. The zero-order chi connectivity index (χ0) is 17.6. The molecule has 1 aliphatic carbocycles. The van der Waals surface area contributed by atoms with Crippen LogP contribution in [0.1, 0.15) is 38.5 Å². The quantitative estimate of drug-likeness (QED) is 0.751. The van der Waals surface area contributed by atoms with E-state index in [0.717, 1.165) is 45.0 Å². The van der Waals surface area contributed by atoms with E-state index >= 15 is 0 Å². The van der Waals surface area contributed by atoms with E-state index in [1.165, 1.54) is 37.5 Å². The van der Waals surface area contributed by atoms with Crippen LogP contribution in [0.3, 0.4) is 0 Å². The summed E-state index contributed by atoms with van der Waals surface area (Å²) in [5, 5.41) is 2.81. The lowest BCUT2D eigenvalue weighted by Gasteiger charge is -2.33. The molecule has 0 radical (unpaired) electrons. The number of ether oxygens (including phenoxy) is 1. The topological polar surface area (TPSA) is 41.6 Å². The second-order valence-corrected chi connectivity index (χ2v) is 7.53. The Morgan fingerprint density at radius 2 is 2.12 bits per heavy atom. The maximum atomic E-state index is 13.2. The van der Waals surface area contributed by atoms with Crippen molar-refractivity contribution >= 4 is 23.2 Å². The monoisotopic (exact) mass is 368 g/mol. The van der Waals surface area contributed by atoms with Crippen LogP contribution in [-0.4, -0.2) is 43.2 Å². The van der Waals surface area contributed by atoms with Crippen LogP contribution in [0.2, 0.25) is 5.02 Å². The molecule has 2 fully saturated rings.